The molecule has 0 atom stereocenters. The molecule has 1 aromatic carbocycles. The summed E-state index contributed by atoms with van der Waals surface area (Å²) in [6, 6.07) is 6.68. The second-order valence-electron chi connectivity index (χ2n) is 3.84. The maximum atomic E-state index is 12.0. The highest BCUT2D eigenvalue weighted by molar-refractivity contribution is 8.00. The van der Waals surface area contributed by atoms with Crippen LogP contribution in [-0.4, -0.2) is 28.8 Å². The minimum atomic E-state index is -4.44. The highest BCUT2D eigenvalue weighted by Gasteiger charge is 2.29. The van der Waals surface area contributed by atoms with Crippen molar-refractivity contribution >= 4 is 41.0 Å². The maximum Gasteiger partial charge on any atom is 0.442 e. The Bertz CT molecular complexity index is 510. The molecule has 0 unspecified atom stereocenters. The number of halogens is 3. The summed E-state index contributed by atoms with van der Waals surface area (Å²) in [6.45, 7) is 0. The summed E-state index contributed by atoms with van der Waals surface area (Å²) in [7, 11) is 0. The zero-order chi connectivity index (χ0) is 15.9. The minimum absolute atomic E-state index is 0.177. The number of thioether (sulfide) groups is 2. The van der Waals surface area contributed by atoms with Crippen molar-refractivity contribution < 1.29 is 22.8 Å². The summed E-state index contributed by atoms with van der Waals surface area (Å²) in [5, 5.41) is 2.42. The van der Waals surface area contributed by atoms with Crippen molar-refractivity contribution in [1.29, 1.82) is 0 Å². The Morgan fingerprint density at radius 3 is 2.52 bits per heavy atom. The largest absolute Gasteiger partial charge is 0.442 e. The summed E-state index contributed by atoms with van der Waals surface area (Å²) in [5.41, 5.74) is 1.00. The average molecular weight is 338 g/mol. The van der Waals surface area contributed by atoms with Crippen LogP contribution in [0.2, 0.25) is 0 Å². The van der Waals surface area contributed by atoms with Crippen molar-refractivity contribution in [3.8, 4) is 0 Å². The molecule has 116 valence electrons. The van der Waals surface area contributed by atoms with Crippen LogP contribution in [0.3, 0.4) is 0 Å². The number of amides is 2. The first-order chi connectivity index (χ1) is 9.78. The Labute approximate surface area is 128 Å². The highest BCUT2D eigenvalue weighted by Crippen LogP contribution is 2.31. The number of carbonyl (C=O) groups excluding carboxylic acids is 2. The lowest BCUT2D eigenvalue weighted by Gasteiger charge is -2.11. The minimum Gasteiger partial charge on any atom is -0.370 e. The fraction of sp³-hybridized carbons (Fsp3) is 0.333. The molecule has 9 heteroatoms. The number of anilines is 1. The third kappa shape index (κ3) is 7.86. The number of rotatable bonds is 7. The molecule has 1 rings (SSSR count). The second kappa shape index (κ2) is 8.18. The topological polar surface area (TPSA) is 72.2 Å². The van der Waals surface area contributed by atoms with Gasteiger partial charge in [0.2, 0.25) is 11.8 Å². The molecular weight excluding hydrogens is 325 g/mol. The van der Waals surface area contributed by atoms with E-state index in [0.29, 0.717) is 16.3 Å². The third-order valence-corrected chi connectivity index (χ3v) is 3.94. The molecule has 4 nitrogen and oxygen atoms in total. The van der Waals surface area contributed by atoms with Gasteiger partial charge in [0.1, 0.15) is 0 Å². The van der Waals surface area contributed by atoms with Crippen LogP contribution in [0.15, 0.2) is 29.2 Å². The summed E-state index contributed by atoms with van der Waals surface area (Å²) in [5.74, 6) is -1.45. The van der Waals surface area contributed by atoms with Crippen LogP contribution >= 0.6 is 23.5 Å². The number of alkyl halides is 3. The zero-order valence-corrected chi connectivity index (χ0v) is 12.4. The van der Waals surface area contributed by atoms with Gasteiger partial charge in [-0.2, -0.15) is 13.2 Å². The van der Waals surface area contributed by atoms with Crippen LogP contribution in [0.25, 0.3) is 0 Å². The molecule has 2 amide bonds. The molecule has 0 bridgehead atoms. The van der Waals surface area contributed by atoms with Gasteiger partial charge < -0.3 is 11.1 Å². The first kappa shape index (κ1) is 17.7. The summed E-state index contributed by atoms with van der Waals surface area (Å²) in [4.78, 5) is 22.8. The summed E-state index contributed by atoms with van der Waals surface area (Å²) < 4.78 is 36.0. The molecule has 0 saturated heterocycles. The van der Waals surface area contributed by atoms with Crippen LogP contribution in [0.5, 0.6) is 0 Å². The number of primary amides is 1. The van der Waals surface area contributed by atoms with Crippen LogP contribution in [-0.2, 0) is 9.59 Å². The van der Waals surface area contributed by atoms with Crippen molar-refractivity contribution in [3.05, 3.63) is 24.3 Å². The number of hydrogen-bond acceptors (Lipinski definition) is 4. The van der Waals surface area contributed by atoms with Crippen molar-refractivity contribution in [2.75, 3.05) is 16.8 Å². The standard InChI is InChI=1S/C12H13F3N2O2S2/c13-12(14,15)21-7-11(19)17-8-3-1-2-4-9(8)20-6-5-10(16)18/h1-4H,5-7H2,(H2,16,18)(H,17,19). The van der Waals surface area contributed by atoms with Gasteiger partial charge in [0.15, 0.2) is 0 Å². The quantitative estimate of drug-likeness (QED) is 0.750. The van der Waals surface area contributed by atoms with Crippen LogP contribution < -0.4 is 11.1 Å². The van der Waals surface area contributed by atoms with E-state index in [0.717, 1.165) is 0 Å². The molecule has 0 spiro atoms. The molecule has 1 aromatic rings. The van der Waals surface area contributed by atoms with E-state index >= 15 is 0 Å². The normalized spacial score (nSPS) is 11.2. The van der Waals surface area contributed by atoms with Gasteiger partial charge in [-0.15, -0.1) is 11.8 Å². The summed E-state index contributed by atoms with van der Waals surface area (Å²) >= 11 is 0.905. The lowest BCUT2D eigenvalue weighted by atomic mass is 10.3. The van der Waals surface area contributed by atoms with E-state index in [2.05, 4.69) is 5.32 Å². The average Bonchev–Trinajstić information content (AvgIpc) is 2.37. The van der Waals surface area contributed by atoms with Gasteiger partial charge in [-0.3, -0.25) is 9.59 Å². The molecule has 0 aliphatic carbocycles. The van der Waals surface area contributed by atoms with Crippen molar-refractivity contribution in [2.24, 2.45) is 5.73 Å². The number of benzene rings is 1. The Kier molecular flexibility index (Phi) is 6.90. The molecule has 3 N–H and O–H groups in total. The summed E-state index contributed by atoms with van der Waals surface area (Å²) in [6.07, 6.45) is 0.177. The molecule has 0 aliphatic heterocycles. The number of carbonyl (C=O) groups is 2. The Balaban J connectivity index is 2.57. The molecule has 0 heterocycles. The van der Waals surface area contributed by atoms with Crippen LogP contribution in [0, 0.1) is 0 Å². The third-order valence-electron chi connectivity index (χ3n) is 2.13. The van der Waals surface area contributed by atoms with E-state index < -0.39 is 34.8 Å². The van der Waals surface area contributed by atoms with Crippen molar-refractivity contribution in [1.82, 2.24) is 0 Å². The smallest absolute Gasteiger partial charge is 0.370 e. The number of para-hydroxylation sites is 1. The fourth-order valence-electron chi connectivity index (χ4n) is 1.29. The van der Waals surface area contributed by atoms with E-state index in [-0.39, 0.29) is 6.42 Å². The number of nitrogens with two attached hydrogens (primary N) is 1. The molecule has 0 aliphatic rings. The number of hydrogen-bond donors (Lipinski definition) is 2. The molecule has 0 aromatic heterocycles. The van der Waals surface area contributed by atoms with Crippen LogP contribution in [0.4, 0.5) is 18.9 Å². The van der Waals surface area contributed by atoms with Gasteiger partial charge in [0, 0.05) is 17.1 Å². The monoisotopic (exact) mass is 338 g/mol. The number of nitrogens with one attached hydrogen (secondary N) is 1. The first-order valence-corrected chi connectivity index (χ1v) is 7.76. The molecule has 0 radical (unpaired) electrons. The maximum absolute atomic E-state index is 12.0. The Morgan fingerprint density at radius 2 is 1.90 bits per heavy atom. The van der Waals surface area contributed by atoms with Gasteiger partial charge in [0.05, 0.1) is 11.4 Å². The van der Waals surface area contributed by atoms with Crippen molar-refractivity contribution in [2.45, 2.75) is 16.8 Å². The molecule has 21 heavy (non-hydrogen) atoms. The molecular formula is C12H13F3N2O2S2. The van der Waals surface area contributed by atoms with Gasteiger partial charge in [-0.25, -0.2) is 0 Å². The molecule has 0 fully saturated rings. The van der Waals surface area contributed by atoms with Crippen LogP contribution in [0.1, 0.15) is 6.42 Å². The van der Waals surface area contributed by atoms with E-state index in [4.69, 9.17) is 5.73 Å². The SMILES string of the molecule is NC(=O)CCSc1ccccc1NC(=O)CSC(F)(F)F. The van der Waals surface area contributed by atoms with E-state index in [9.17, 15) is 22.8 Å². The predicted octanol–water partition coefficient (Wildman–Crippen LogP) is 2.85. The van der Waals surface area contributed by atoms with Crippen molar-refractivity contribution in [3.63, 3.8) is 0 Å². The Morgan fingerprint density at radius 1 is 1.24 bits per heavy atom. The first-order valence-electron chi connectivity index (χ1n) is 5.78. The Hall–Kier alpha value is -1.35. The van der Waals surface area contributed by atoms with E-state index in [1.165, 1.54) is 11.8 Å². The second-order valence-corrected chi connectivity index (χ2v) is 6.02. The van der Waals surface area contributed by atoms with Gasteiger partial charge in [0.25, 0.3) is 0 Å². The highest BCUT2D eigenvalue weighted by atomic mass is 32.2. The zero-order valence-electron chi connectivity index (χ0n) is 10.8. The fourth-order valence-corrected chi connectivity index (χ4v) is 2.63. The van der Waals surface area contributed by atoms with E-state index in [1.54, 1.807) is 24.3 Å². The lowest BCUT2D eigenvalue weighted by molar-refractivity contribution is -0.117. The van der Waals surface area contributed by atoms with Gasteiger partial charge >= 0.3 is 5.51 Å². The predicted molar refractivity (Wildman–Crippen MR) is 78.1 cm³/mol. The van der Waals surface area contributed by atoms with E-state index in [1.807, 2.05) is 0 Å². The van der Waals surface area contributed by atoms with Gasteiger partial charge in [-0.1, -0.05) is 12.1 Å². The van der Waals surface area contributed by atoms with Gasteiger partial charge in [-0.05, 0) is 23.9 Å². The molecule has 0 saturated carbocycles. The lowest BCUT2D eigenvalue weighted by Crippen LogP contribution is -2.17.